The maximum Gasteiger partial charge on any atom is 0.250 e. The minimum atomic E-state index is -0.296. The SMILES string of the molecule is COCCOCC(=O)Nc1ccc(Cl)cc1C#CCO. The van der Waals surface area contributed by atoms with Crippen molar-refractivity contribution in [3.63, 3.8) is 0 Å². The molecule has 0 spiro atoms. The average Bonchev–Trinajstić information content (AvgIpc) is 2.44. The van der Waals surface area contributed by atoms with Gasteiger partial charge in [-0.2, -0.15) is 0 Å². The van der Waals surface area contributed by atoms with Crippen molar-refractivity contribution in [2.24, 2.45) is 0 Å². The van der Waals surface area contributed by atoms with E-state index >= 15 is 0 Å². The van der Waals surface area contributed by atoms with Gasteiger partial charge in [-0.15, -0.1) is 0 Å². The van der Waals surface area contributed by atoms with Crippen molar-refractivity contribution >= 4 is 23.2 Å². The predicted molar refractivity (Wildman–Crippen MR) is 76.7 cm³/mol. The van der Waals surface area contributed by atoms with Crippen LogP contribution in [0.3, 0.4) is 0 Å². The van der Waals surface area contributed by atoms with Gasteiger partial charge in [-0.25, -0.2) is 0 Å². The fraction of sp³-hybridized carbons (Fsp3) is 0.357. The molecule has 0 saturated heterocycles. The number of hydrogen-bond donors (Lipinski definition) is 2. The minimum Gasteiger partial charge on any atom is -0.384 e. The molecule has 0 aliphatic carbocycles. The Labute approximate surface area is 122 Å². The highest BCUT2D eigenvalue weighted by Gasteiger charge is 2.06. The first-order chi connectivity index (χ1) is 9.67. The molecule has 0 saturated carbocycles. The summed E-state index contributed by atoms with van der Waals surface area (Å²) in [5.74, 6) is 4.94. The summed E-state index contributed by atoms with van der Waals surface area (Å²) < 4.78 is 9.92. The van der Waals surface area contributed by atoms with Crippen molar-refractivity contribution in [2.45, 2.75) is 0 Å². The van der Waals surface area contributed by atoms with Gasteiger partial charge in [0.25, 0.3) is 0 Å². The largest absolute Gasteiger partial charge is 0.384 e. The van der Waals surface area contributed by atoms with Gasteiger partial charge in [0.2, 0.25) is 5.91 Å². The summed E-state index contributed by atoms with van der Waals surface area (Å²) in [6, 6.07) is 4.91. The molecular weight excluding hydrogens is 282 g/mol. The van der Waals surface area contributed by atoms with Gasteiger partial charge in [0.15, 0.2) is 0 Å². The first-order valence-electron chi connectivity index (χ1n) is 5.93. The van der Waals surface area contributed by atoms with Crippen LogP contribution in [0.1, 0.15) is 5.56 Å². The number of benzene rings is 1. The molecule has 1 aromatic rings. The zero-order valence-electron chi connectivity index (χ0n) is 11.1. The van der Waals surface area contributed by atoms with E-state index in [1.54, 1.807) is 25.3 Å². The molecule has 6 heteroatoms. The molecule has 0 aromatic heterocycles. The number of amides is 1. The van der Waals surface area contributed by atoms with Crippen LogP contribution in [0, 0.1) is 11.8 Å². The van der Waals surface area contributed by atoms with E-state index < -0.39 is 0 Å². The quantitative estimate of drug-likeness (QED) is 0.613. The van der Waals surface area contributed by atoms with E-state index in [-0.39, 0.29) is 19.1 Å². The molecule has 0 heterocycles. The lowest BCUT2D eigenvalue weighted by molar-refractivity contribution is -0.121. The number of anilines is 1. The highest BCUT2D eigenvalue weighted by atomic mass is 35.5. The number of carbonyl (C=O) groups is 1. The van der Waals surface area contributed by atoms with E-state index in [1.165, 1.54) is 0 Å². The van der Waals surface area contributed by atoms with E-state index in [0.29, 0.717) is 29.5 Å². The third-order valence-electron chi connectivity index (χ3n) is 2.22. The highest BCUT2D eigenvalue weighted by Crippen LogP contribution is 2.19. The molecule has 1 rings (SSSR count). The first kappa shape index (κ1) is 16.5. The Bertz CT molecular complexity index is 508. The van der Waals surface area contributed by atoms with Gasteiger partial charge in [-0.3, -0.25) is 4.79 Å². The third-order valence-corrected chi connectivity index (χ3v) is 2.46. The summed E-state index contributed by atoms with van der Waals surface area (Å²) in [4.78, 5) is 11.7. The second kappa shape index (κ2) is 9.34. The number of ether oxygens (including phenoxy) is 2. The molecule has 0 fully saturated rings. The molecule has 20 heavy (non-hydrogen) atoms. The van der Waals surface area contributed by atoms with E-state index in [9.17, 15) is 4.79 Å². The number of hydrogen-bond acceptors (Lipinski definition) is 4. The summed E-state index contributed by atoms with van der Waals surface area (Å²) in [5, 5.41) is 11.9. The molecule has 2 N–H and O–H groups in total. The Balaban J connectivity index is 2.64. The summed E-state index contributed by atoms with van der Waals surface area (Å²) in [6.07, 6.45) is 0. The molecule has 1 aromatic carbocycles. The van der Waals surface area contributed by atoms with Crippen molar-refractivity contribution in [3.8, 4) is 11.8 Å². The zero-order valence-corrected chi connectivity index (χ0v) is 11.9. The molecular formula is C14H16ClNO4. The molecule has 0 unspecified atom stereocenters. The molecule has 0 bridgehead atoms. The van der Waals surface area contributed by atoms with E-state index in [2.05, 4.69) is 17.2 Å². The number of methoxy groups -OCH3 is 1. The van der Waals surface area contributed by atoms with Crippen LogP contribution < -0.4 is 5.32 Å². The number of aliphatic hydroxyl groups excluding tert-OH is 1. The molecule has 0 radical (unpaired) electrons. The van der Waals surface area contributed by atoms with Crippen LogP contribution in [0.2, 0.25) is 5.02 Å². The smallest absolute Gasteiger partial charge is 0.250 e. The zero-order chi connectivity index (χ0) is 14.8. The third kappa shape index (κ3) is 6.04. The second-order valence-electron chi connectivity index (χ2n) is 3.74. The monoisotopic (exact) mass is 297 g/mol. The molecule has 0 atom stereocenters. The van der Waals surface area contributed by atoms with Crippen molar-refractivity contribution in [1.82, 2.24) is 0 Å². The van der Waals surface area contributed by atoms with Crippen LogP contribution in [-0.4, -0.2) is 44.6 Å². The van der Waals surface area contributed by atoms with Crippen LogP contribution in [0.25, 0.3) is 0 Å². The van der Waals surface area contributed by atoms with E-state index in [1.807, 2.05) is 0 Å². The standard InChI is InChI=1S/C14H16ClNO4/c1-19-7-8-20-10-14(18)16-13-5-4-12(15)9-11(13)3-2-6-17/h4-5,9,17H,6-8,10H2,1H3,(H,16,18). The summed E-state index contributed by atoms with van der Waals surface area (Å²) >= 11 is 5.87. The fourth-order valence-corrected chi connectivity index (χ4v) is 1.53. The van der Waals surface area contributed by atoms with Gasteiger partial charge in [0.05, 0.1) is 18.9 Å². The first-order valence-corrected chi connectivity index (χ1v) is 6.31. The van der Waals surface area contributed by atoms with Crippen molar-refractivity contribution in [2.75, 3.05) is 38.9 Å². The predicted octanol–water partition coefficient (Wildman–Crippen LogP) is 1.29. The topological polar surface area (TPSA) is 67.8 Å². The van der Waals surface area contributed by atoms with Gasteiger partial charge >= 0.3 is 0 Å². The Morgan fingerprint density at radius 3 is 2.95 bits per heavy atom. The van der Waals surface area contributed by atoms with Crippen LogP contribution >= 0.6 is 11.6 Å². The number of carbonyl (C=O) groups excluding carboxylic acids is 1. The number of aliphatic hydroxyl groups is 1. The Kier molecular flexibility index (Phi) is 7.70. The molecule has 0 aliphatic rings. The Morgan fingerprint density at radius 2 is 2.25 bits per heavy atom. The molecule has 5 nitrogen and oxygen atoms in total. The van der Waals surface area contributed by atoms with Gasteiger partial charge in [0.1, 0.15) is 13.2 Å². The van der Waals surface area contributed by atoms with Crippen LogP contribution in [0.5, 0.6) is 0 Å². The molecule has 108 valence electrons. The Morgan fingerprint density at radius 1 is 1.45 bits per heavy atom. The maximum absolute atomic E-state index is 11.7. The fourth-order valence-electron chi connectivity index (χ4n) is 1.36. The summed E-state index contributed by atoms with van der Waals surface area (Å²) in [7, 11) is 1.56. The van der Waals surface area contributed by atoms with Crippen LogP contribution in [0.15, 0.2) is 18.2 Å². The Hall–Kier alpha value is -1.58. The minimum absolute atomic E-state index is 0.0706. The van der Waals surface area contributed by atoms with Gasteiger partial charge < -0.3 is 19.9 Å². The molecule has 0 aliphatic heterocycles. The van der Waals surface area contributed by atoms with E-state index in [4.69, 9.17) is 26.2 Å². The average molecular weight is 298 g/mol. The van der Waals surface area contributed by atoms with Gasteiger partial charge in [-0.1, -0.05) is 23.4 Å². The lowest BCUT2D eigenvalue weighted by atomic mass is 10.2. The van der Waals surface area contributed by atoms with Crippen molar-refractivity contribution in [1.29, 1.82) is 0 Å². The number of halogens is 1. The van der Waals surface area contributed by atoms with Gasteiger partial charge in [0, 0.05) is 17.7 Å². The lowest BCUT2D eigenvalue weighted by Gasteiger charge is -2.08. The summed E-state index contributed by atoms with van der Waals surface area (Å²) in [5.41, 5.74) is 1.06. The van der Waals surface area contributed by atoms with E-state index in [0.717, 1.165) is 0 Å². The van der Waals surface area contributed by atoms with Crippen LogP contribution in [-0.2, 0) is 14.3 Å². The lowest BCUT2D eigenvalue weighted by Crippen LogP contribution is -2.20. The summed E-state index contributed by atoms with van der Waals surface area (Å²) in [6.45, 7) is 0.446. The normalized spacial score (nSPS) is 9.75. The highest BCUT2D eigenvalue weighted by molar-refractivity contribution is 6.30. The maximum atomic E-state index is 11.7. The van der Waals surface area contributed by atoms with Crippen LogP contribution in [0.4, 0.5) is 5.69 Å². The van der Waals surface area contributed by atoms with Gasteiger partial charge in [-0.05, 0) is 18.2 Å². The number of nitrogens with one attached hydrogen (secondary N) is 1. The van der Waals surface area contributed by atoms with Crippen molar-refractivity contribution in [3.05, 3.63) is 28.8 Å². The molecule has 1 amide bonds. The van der Waals surface area contributed by atoms with Crippen molar-refractivity contribution < 1.29 is 19.4 Å². The number of rotatable bonds is 6. The second-order valence-corrected chi connectivity index (χ2v) is 4.18.